The normalized spacial score (nSPS) is 10.8. The highest BCUT2D eigenvalue weighted by atomic mass is 32.2. The highest BCUT2D eigenvalue weighted by molar-refractivity contribution is 7.98. The van der Waals surface area contributed by atoms with Crippen LogP contribution in [0.3, 0.4) is 0 Å². The standard InChI is InChI=1S/C16H17N5OS2/c1-3-13-10(2)24-16(19-13)20-14(22)12-6-4-11(5-7-12)8-23-15-17-9-18-21-15/h4-7,9H,3,8H2,1-2H3,(H,17,18,21)(H,19,20,22). The number of amides is 1. The number of hydrogen-bond donors (Lipinski definition) is 2. The lowest BCUT2D eigenvalue weighted by molar-refractivity contribution is 0.102. The number of benzene rings is 1. The van der Waals surface area contributed by atoms with Gasteiger partial charge in [-0.05, 0) is 31.0 Å². The van der Waals surface area contributed by atoms with E-state index in [0.717, 1.165) is 33.5 Å². The number of aromatic nitrogens is 4. The summed E-state index contributed by atoms with van der Waals surface area (Å²) in [5, 5.41) is 10.9. The molecule has 2 aromatic heterocycles. The van der Waals surface area contributed by atoms with Crippen molar-refractivity contribution in [1.82, 2.24) is 20.2 Å². The molecule has 0 aliphatic carbocycles. The molecule has 124 valence electrons. The zero-order chi connectivity index (χ0) is 16.9. The van der Waals surface area contributed by atoms with Gasteiger partial charge >= 0.3 is 0 Å². The second kappa shape index (κ2) is 7.59. The van der Waals surface area contributed by atoms with Crippen LogP contribution in [0, 0.1) is 6.92 Å². The Bertz CT molecular complexity index is 812. The average molecular weight is 359 g/mol. The lowest BCUT2D eigenvalue weighted by Gasteiger charge is -2.03. The zero-order valence-corrected chi connectivity index (χ0v) is 15.0. The third kappa shape index (κ3) is 4.01. The monoisotopic (exact) mass is 359 g/mol. The largest absolute Gasteiger partial charge is 0.298 e. The summed E-state index contributed by atoms with van der Waals surface area (Å²) in [5.74, 6) is 0.628. The number of anilines is 1. The number of thioether (sulfide) groups is 1. The molecule has 1 amide bonds. The predicted molar refractivity (Wildman–Crippen MR) is 96.6 cm³/mol. The van der Waals surface area contributed by atoms with Crippen molar-refractivity contribution in [2.24, 2.45) is 0 Å². The second-order valence-electron chi connectivity index (χ2n) is 5.11. The Hall–Kier alpha value is -2.19. The molecule has 2 heterocycles. The molecule has 1 aromatic carbocycles. The van der Waals surface area contributed by atoms with Crippen molar-refractivity contribution in [3.8, 4) is 0 Å². The average Bonchev–Trinajstić information content (AvgIpc) is 3.22. The van der Waals surface area contributed by atoms with Crippen LogP contribution in [0.15, 0.2) is 35.7 Å². The van der Waals surface area contributed by atoms with Crippen molar-refractivity contribution in [2.75, 3.05) is 5.32 Å². The van der Waals surface area contributed by atoms with Gasteiger partial charge in [-0.1, -0.05) is 30.8 Å². The summed E-state index contributed by atoms with van der Waals surface area (Å²) in [6.07, 6.45) is 2.36. The quantitative estimate of drug-likeness (QED) is 0.656. The second-order valence-corrected chi connectivity index (χ2v) is 7.27. The minimum Gasteiger partial charge on any atom is -0.298 e. The van der Waals surface area contributed by atoms with E-state index in [9.17, 15) is 4.79 Å². The number of carbonyl (C=O) groups is 1. The van der Waals surface area contributed by atoms with Crippen LogP contribution in [-0.2, 0) is 12.2 Å². The van der Waals surface area contributed by atoms with E-state index >= 15 is 0 Å². The smallest absolute Gasteiger partial charge is 0.257 e. The molecule has 2 N–H and O–H groups in total. The maximum atomic E-state index is 12.3. The first kappa shape index (κ1) is 16.7. The Balaban J connectivity index is 1.60. The van der Waals surface area contributed by atoms with Crippen molar-refractivity contribution < 1.29 is 4.79 Å². The molecule has 24 heavy (non-hydrogen) atoms. The molecule has 0 atom stereocenters. The van der Waals surface area contributed by atoms with Crippen LogP contribution in [0.2, 0.25) is 0 Å². The van der Waals surface area contributed by atoms with Crippen LogP contribution in [0.25, 0.3) is 0 Å². The van der Waals surface area contributed by atoms with E-state index in [1.807, 2.05) is 31.2 Å². The molecule has 0 bridgehead atoms. The van der Waals surface area contributed by atoms with E-state index in [1.165, 1.54) is 17.7 Å². The van der Waals surface area contributed by atoms with E-state index < -0.39 is 0 Å². The number of thiazole rings is 1. The Morgan fingerprint density at radius 1 is 1.33 bits per heavy atom. The lowest BCUT2D eigenvalue weighted by Crippen LogP contribution is -2.11. The number of aryl methyl sites for hydroxylation is 2. The van der Waals surface area contributed by atoms with Crippen LogP contribution in [0.1, 0.15) is 33.4 Å². The molecule has 0 spiro atoms. The maximum Gasteiger partial charge on any atom is 0.257 e. The highest BCUT2D eigenvalue weighted by Crippen LogP contribution is 2.23. The molecule has 8 heteroatoms. The van der Waals surface area contributed by atoms with Gasteiger partial charge in [0.15, 0.2) is 10.3 Å². The molecule has 3 aromatic rings. The van der Waals surface area contributed by atoms with Gasteiger partial charge in [0.25, 0.3) is 5.91 Å². The molecule has 0 saturated heterocycles. The number of carbonyl (C=O) groups excluding carboxylic acids is 1. The van der Waals surface area contributed by atoms with Crippen molar-refractivity contribution in [3.05, 3.63) is 52.3 Å². The minimum absolute atomic E-state index is 0.138. The molecule has 0 fully saturated rings. The van der Waals surface area contributed by atoms with Crippen LogP contribution < -0.4 is 5.32 Å². The lowest BCUT2D eigenvalue weighted by atomic mass is 10.1. The van der Waals surface area contributed by atoms with Gasteiger partial charge in [0, 0.05) is 16.2 Å². The summed E-state index contributed by atoms with van der Waals surface area (Å²) in [6, 6.07) is 7.55. The third-order valence-electron chi connectivity index (χ3n) is 3.43. The molecule has 3 rings (SSSR count). The summed E-state index contributed by atoms with van der Waals surface area (Å²) >= 11 is 3.07. The number of nitrogens with one attached hydrogen (secondary N) is 2. The van der Waals surface area contributed by atoms with Crippen LogP contribution in [0.5, 0.6) is 0 Å². The van der Waals surface area contributed by atoms with Crippen LogP contribution in [0.4, 0.5) is 5.13 Å². The first-order valence-electron chi connectivity index (χ1n) is 7.50. The number of H-pyrrole nitrogens is 1. The molecular formula is C16H17N5OS2. The summed E-state index contributed by atoms with van der Waals surface area (Å²) in [7, 11) is 0. The van der Waals surface area contributed by atoms with E-state index in [2.05, 4.69) is 32.4 Å². The number of hydrogen-bond acceptors (Lipinski definition) is 6. The SMILES string of the molecule is CCc1nc(NC(=O)c2ccc(CSc3ncn[nH]3)cc2)sc1C. The highest BCUT2D eigenvalue weighted by Gasteiger charge is 2.11. The van der Waals surface area contributed by atoms with Gasteiger partial charge in [0.1, 0.15) is 6.33 Å². The first-order chi connectivity index (χ1) is 11.7. The minimum atomic E-state index is -0.138. The van der Waals surface area contributed by atoms with Gasteiger partial charge in [-0.15, -0.1) is 11.3 Å². The first-order valence-corrected chi connectivity index (χ1v) is 9.30. The van der Waals surface area contributed by atoms with Crippen LogP contribution in [-0.4, -0.2) is 26.1 Å². The van der Waals surface area contributed by atoms with Crippen molar-refractivity contribution >= 4 is 34.1 Å². The van der Waals surface area contributed by atoms with Gasteiger partial charge in [0.2, 0.25) is 0 Å². The van der Waals surface area contributed by atoms with Crippen LogP contribution >= 0.6 is 23.1 Å². The number of rotatable bonds is 6. The molecular weight excluding hydrogens is 342 g/mol. The Morgan fingerprint density at radius 2 is 2.12 bits per heavy atom. The summed E-state index contributed by atoms with van der Waals surface area (Å²) in [4.78, 5) is 22.0. The van der Waals surface area contributed by atoms with E-state index in [-0.39, 0.29) is 5.91 Å². The molecule has 0 unspecified atom stereocenters. The Labute approximate surface area is 148 Å². The Kier molecular flexibility index (Phi) is 5.27. The van der Waals surface area contributed by atoms with Gasteiger partial charge < -0.3 is 0 Å². The predicted octanol–water partition coefficient (Wildman–Crippen LogP) is 3.68. The van der Waals surface area contributed by atoms with Gasteiger partial charge in [-0.3, -0.25) is 15.2 Å². The van der Waals surface area contributed by atoms with E-state index in [0.29, 0.717) is 10.7 Å². The van der Waals surface area contributed by atoms with Crippen molar-refractivity contribution in [1.29, 1.82) is 0 Å². The maximum absolute atomic E-state index is 12.3. The fraction of sp³-hybridized carbons (Fsp3) is 0.250. The van der Waals surface area contributed by atoms with Crippen molar-refractivity contribution in [3.63, 3.8) is 0 Å². The van der Waals surface area contributed by atoms with Gasteiger partial charge in [-0.25, -0.2) is 9.97 Å². The van der Waals surface area contributed by atoms with Gasteiger partial charge in [-0.2, -0.15) is 5.10 Å². The Morgan fingerprint density at radius 3 is 2.75 bits per heavy atom. The number of aromatic amines is 1. The van der Waals surface area contributed by atoms with Crippen molar-refractivity contribution in [2.45, 2.75) is 31.2 Å². The molecule has 0 radical (unpaired) electrons. The van der Waals surface area contributed by atoms with Gasteiger partial charge in [0.05, 0.1) is 5.69 Å². The number of nitrogens with zero attached hydrogens (tertiary/aromatic N) is 3. The zero-order valence-electron chi connectivity index (χ0n) is 13.4. The topological polar surface area (TPSA) is 83.6 Å². The van der Waals surface area contributed by atoms with E-state index in [4.69, 9.17) is 0 Å². The molecule has 0 aliphatic rings. The summed E-state index contributed by atoms with van der Waals surface area (Å²) in [6.45, 7) is 4.08. The molecule has 0 aliphatic heterocycles. The fourth-order valence-electron chi connectivity index (χ4n) is 2.15. The fourth-order valence-corrected chi connectivity index (χ4v) is 3.78. The summed E-state index contributed by atoms with van der Waals surface area (Å²) in [5.41, 5.74) is 2.77. The third-order valence-corrected chi connectivity index (χ3v) is 5.31. The van der Waals surface area contributed by atoms with E-state index in [1.54, 1.807) is 11.8 Å². The molecule has 6 nitrogen and oxygen atoms in total. The molecule has 0 saturated carbocycles. The summed E-state index contributed by atoms with van der Waals surface area (Å²) < 4.78 is 0.